The SMILES string of the molecule is Nc1nc(N)c2nc(S(=O)(=O)c3cccc(C(F)(F)F)c3)ccc2n1. The van der Waals surface area contributed by atoms with Gasteiger partial charge in [0.2, 0.25) is 15.8 Å². The van der Waals surface area contributed by atoms with Crippen molar-refractivity contribution in [3.05, 3.63) is 42.0 Å². The highest BCUT2D eigenvalue weighted by atomic mass is 32.2. The van der Waals surface area contributed by atoms with E-state index in [1.165, 1.54) is 6.07 Å². The molecule has 2 aromatic heterocycles. The third kappa shape index (κ3) is 3.05. The van der Waals surface area contributed by atoms with Crippen molar-refractivity contribution < 1.29 is 21.6 Å². The first-order chi connectivity index (χ1) is 11.6. The van der Waals surface area contributed by atoms with Crippen molar-refractivity contribution in [1.29, 1.82) is 0 Å². The number of aromatic nitrogens is 3. The molecular weight excluding hydrogens is 359 g/mol. The monoisotopic (exact) mass is 369 g/mol. The molecule has 25 heavy (non-hydrogen) atoms. The maximum absolute atomic E-state index is 12.8. The molecule has 0 saturated heterocycles. The van der Waals surface area contributed by atoms with Crippen LogP contribution < -0.4 is 11.5 Å². The summed E-state index contributed by atoms with van der Waals surface area (Å²) in [5.41, 5.74) is 10.2. The molecule has 4 N–H and O–H groups in total. The van der Waals surface area contributed by atoms with E-state index in [0.29, 0.717) is 6.07 Å². The van der Waals surface area contributed by atoms with Crippen LogP contribution in [0.2, 0.25) is 0 Å². The van der Waals surface area contributed by atoms with E-state index in [2.05, 4.69) is 15.0 Å². The lowest BCUT2D eigenvalue weighted by Crippen LogP contribution is -2.10. The third-order valence-corrected chi connectivity index (χ3v) is 4.96. The van der Waals surface area contributed by atoms with Crippen LogP contribution in [-0.4, -0.2) is 23.4 Å². The van der Waals surface area contributed by atoms with Gasteiger partial charge in [0.05, 0.1) is 16.0 Å². The van der Waals surface area contributed by atoms with E-state index in [1.54, 1.807) is 0 Å². The number of fused-ring (bicyclic) bond motifs is 1. The summed E-state index contributed by atoms with van der Waals surface area (Å²) < 4.78 is 63.6. The zero-order chi connectivity index (χ0) is 18.4. The minimum atomic E-state index is -4.67. The average molecular weight is 369 g/mol. The Bertz CT molecular complexity index is 1080. The first kappa shape index (κ1) is 16.9. The van der Waals surface area contributed by atoms with Crippen LogP contribution in [0.4, 0.5) is 24.9 Å². The number of nitrogens with two attached hydrogens (primary N) is 2. The Morgan fingerprint density at radius 3 is 2.36 bits per heavy atom. The second-order valence-electron chi connectivity index (χ2n) is 5.01. The van der Waals surface area contributed by atoms with Crippen molar-refractivity contribution in [2.24, 2.45) is 0 Å². The smallest absolute Gasteiger partial charge is 0.382 e. The number of nitrogens with zero attached hydrogens (tertiary/aromatic N) is 3. The second-order valence-corrected chi connectivity index (χ2v) is 6.91. The molecule has 1 aromatic carbocycles. The molecule has 3 aromatic rings. The molecule has 0 aliphatic carbocycles. The quantitative estimate of drug-likeness (QED) is 0.708. The van der Waals surface area contributed by atoms with E-state index in [0.717, 1.165) is 24.3 Å². The fraction of sp³-hybridized carbons (Fsp3) is 0.0714. The highest BCUT2D eigenvalue weighted by Gasteiger charge is 2.32. The number of hydrogen-bond acceptors (Lipinski definition) is 7. The summed E-state index contributed by atoms with van der Waals surface area (Å²) in [6.07, 6.45) is -4.67. The molecule has 130 valence electrons. The summed E-state index contributed by atoms with van der Waals surface area (Å²) in [4.78, 5) is 10.9. The van der Waals surface area contributed by atoms with Gasteiger partial charge in [-0.15, -0.1) is 0 Å². The van der Waals surface area contributed by atoms with Gasteiger partial charge in [-0.05, 0) is 30.3 Å². The number of rotatable bonds is 2. The van der Waals surface area contributed by atoms with Crippen molar-refractivity contribution in [2.75, 3.05) is 11.5 Å². The number of pyridine rings is 1. The molecule has 3 rings (SSSR count). The second kappa shape index (κ2) is 5.55. The fourth-order valence-electron chi connectivity index (χ4n) is 2.15. The molecule has 0 atom stereocenters. The molecule has 0 saturated carbocycles. The van der Waals surface area contributed by atoms with Crippen molar-refractivity contribution in [2.45, 2.75) is 16.1 Å². The highest BCUT2D eigenvalue weighted by Crippen LogP contribution is 2.32. The first-order valence-corrected chi connectivity index (χ1v) is 8.19. The average Bonchev–Trinajstić information content (AvgIpc) is 2.53. The van der Waals surface area contributed by atoms with Gasteiger partial charge in [-0.1, -0.05) is 6.07 Å². The van der Waals surface area contributed by atoms with Crippen LogP contribution in [0.5, 0.6) is 0 Å². The largest absolute Gasteiger partial charge is 0.416 e. The maximum atomic E-state index is 12.8. The number of sulfone groups is 1. The molecule has 0 amide bonds. The van der Waals surface area contributed by atoms with Gasteiger partial charge in [-0.3, -0.25) is 0 Å². The summed E-state index contributed by atoms with van der Waals surface area (Å²) in [5.74, 6) is -0.246. The van der Waals surface area contributed by atoms with Crippen LogP contribution >= 0.6 is 0 Å². The van der Waals surface area contributed by atoms with Crippen molar-refractivity contribution in [3.63, 3.8) is 0 Å². The van der Waals surface area contributed by atoms with Crippen LogP contribution in [0, 0.1) is 0 Å². The van der Waals surface area contributed by atoms with E-state index in [-0.39, 0.29) is 22.8 Å². The number of benzene rings is 1. The normalized spacial score (nSPS) is 12.4. The van der Waals surface area contributed by atoms with Crippen molar-refractivity contribution >= 4 is 32.6 Å². The number of hydrogen-bond donors (Lipinski definition) is 2. The van der Waals surface area contributed by atoms with Gasteiger partial charge in [-0.2, -0.15) is 18.2 Å². The van der Waals surface area contributed by atoms with Gasteiger partial charge in [-0.25, -0.2) is 18.4 Å². The predicted molar refractivity (Wildman–Crippen MR) is 83.1 cm³/mol. The van der Waals surface area contributed by atoms with Gasteiger partial charge in [0.1, 0.15) is 5.52 Å². The minimum Gasteiger partial charge on any atom is -0.382 e. The Morgan fingerprint density at radius 2 is 1.68 bits per heavy atom. The van der Waals surface area contributed by atoms with Crippen molar-refractivity contribution in [1.82, 2.24) is 15.0 Å². The van der Waals surface area contributed by atoms with Gasteiger partial charge in [0.15, 0.2) is 10.8 Å². The predicted octanol–water partition coefficient (Wildman–Crippen LogP) is 2.04. The van der Waals surface area contributed by atoms with Gasteiger partial charge >= 0.3 is 6.18 Å². The molecule has 0 aliphatic rings. The molecule has 7 nitrogen and oxygen atoms in total. The van der Waals surface area contributed by atoms with E-state index in [1.807, 2.05) is 0 Å². The number of halogens is 3. The van der Waals surface area contributed by atoms with Crippen molar-refractivity contribution in [3.8, 4) is 0 Å². The maximum Gasteiger partial charge on any atom is 0.416 e. The van der Waals surface area contributed by atoms with E-state index >= 15 is 0 Å². The first-order valence-electron chi connectivity index (χ1n) is 6.71. The summed E-state index contributed by atoms with van der Waals surface area (Å²) >= 11 is 0. The van der Waals surface area contributed by atoms with Gasteiger partial charge in [0, 0.05) is 0 Å². The van der Waals surface area contributed by atoms with Gasteiger partial charge < -0.3 is 11.5 Å². The molecule has 2 heterocycles. The molecule has 0 aliphatic heterocycles. The number of anilines is 2. The Labute approximate surface area is 139 Å². The van der Waals surface area contributed by atoms with Crippen LogP contribution in [0.25, 0.3) is 11.0 Å². The lowest BCUT2D eigenvalue weighted by molar-refractivity contribution is -0.137. The Balaban J connectivity index is 2.17. The molecule has 0 fully saturated rings. The molecule has 0 spiro atoms. The molecule has 0 bridgehead atoms. The highest BCUT2D eigenvalue weighted by molar-refractivity contribution is 7.91. The molecule has 0 unspecified atom stereocenters. The molecular formula is C14H10F3N5O2S. The zero-order valence-corrected chi connectivity index (χ0v) is 13.1. The van der Waals surface area contributed by atoms with Crippen LogP contribution in [0.3, 0.4) is 0 Å². The Morgan fingerprint density at radius 1 is 0.960 bits per heavy atom. The lowest BCUT2D eigenvalue weighted by atomic mass is 10.2. The van der Waals surface area contributed by atoms with Crippen LogP contribution in [0.15, 0.2) is 46.3 Å². The van der Waals surface area contributed by atoms with Crippen LogP contribution in [0.1, 0.15) is 5.56 Å². The Kier molecular flexibility index (Phi) is 3.75. The lowest BCUT2D eigenvalue weighted by Gasteiger charge is -2.10. The van der Waals surface area contributed by atoms with E-state index in [4.69, 9.17) is 11.5 Å². The standard InChI is InChI=1S/C14H10F3N5O2S/c15-14(16,17)7-2-1-3-8(6-7)25(23,24)10-5-4-9-11(21-10)12(18)22-13(19)20-9/h1-6H,(H4,18,19,20,22). The minimum absolute atomic E-state index is 0.0118. The summed E-state index contributed by atoms with van der Waals surface area (Å²) in [6, 6.07) is 5.81. The fourth-order valence-corrected chi connectivity index (χ4v) is 3.39. The summed E-state index contributed by atoms with van der Waals surface area (Å²) in [7, 11) is -4.29. The topological polar surface area (TPSA) is 125 Å². The van der Waals surface area contributed by atoms with E-state index < -0.39 is 31.5 Å². The molecule has 11 heteroatoms. The summed E-state index contributed by atoms with van der Waals surface area (Å²) in [5, 5.41) is -0.473. The number of alkyl halides is 3. The van der Waals surface area contributed by atoms with E-state index in [9.17, 15) is 21.6 Å². The van der Waals surface area contributed by atoms with Gasteiger partial charge in [0.25, 0.3) is 0 Å². The zero-order valence-electron chi connectivity index (χ0n) is 12.3. The number of nitrogen functional groups attached to an aromatic ring is 2. The Hall–Kier alpha value is -2.95. The third-order valence-electron chi connectivity index (χ3n) is 3.31. The summed E-state index contributed by atoms with van der Waals surface area (Å²) in [6.45, 7) is 0. The molecule has 0 radical (unpaired) electrons. The van der Waals surface area contributed by atoms with Crippen LogP contribution in [-0.2, 0) is 16.0 Å².